The molecule has 0 aliphatic rings. The number of para-hydroxylation sites is 1. The van der Waals surface area contributed by atoms with Gasteiger partial charge in [0.1, 0.15) is 17.1 Å². The predicted molar refractivity (Wildman–Crippen MR) is 81.2 cm³/mol. The van der Waals surface area contributed by atoms with Crippen LogP contribution >= 0.6 is 0 Å². The molecule has 0 saturated carbocycles. The smallest absolute Gasteiger partial charge is 0.118 e. The fourth-order valence-corrected chi connectivity index (χ4v) is 2.24. The lowest BCUT2D eigenvalue weighted by Crippen LogP contribution is -2.00. The third kappa shape index (κ3) is 2.45. The van der Waals surface area contributed by atoms with Crippen LogP contribution < -0.4 is 10.1 Å². The van der Waals surface area contributed by atoms with Crippen LogP contribution in [-0.4, -0.2) is 17.1 Å². The summed E-state index contributed by atoms with van der Waals surface area (Å²) in [6.45, 7) is 2.72. The van der Waals surface area contributed by atoms with Gasteiger partial charge in [0, 0.05) is 6.54 Å². The Morgan fingerprint density at radius 1 is 1.15 bits per heavy atom. The molecule has 1 aromatic heterocycles. The first kappa shape index (κ1) is 12.5. The Morgan fingerprint density at radius 2 is 1.95 bits per heavy atom. The van der Waals surface area contributed by atoms with E-state index in [0.717, 1.165) is 34.8 Å². The molecule has 1 heterocycles. The van der Waals surface area contributed by atoms with Crippen molar-refractivity contribution in [1.82, 2.24) is 9.97 Å². The van der Waals surface area contributed by atoms with Crippen LogP contribution in [0.5, 0.6) is 5.75 Å². The molecule has 3 aromatic rings. The molecule has 0 spiro atoms. The van der Waals surface area contributed by atoms with E-state index in [1.54, 1.807) is 7.11 Å². The molecule has 0 aliphatic heterocycles. The number of hydrogen-bond acceptors (Lipinski definition) is 3. The summed E-state index contributed by atoms with van der Waals surface area (Å²) in [7, 11) is 1.67. The van der Waals surface area contributed by atoms with Gasteiger partial charge in [0.15, 0.2) is 0 Å². The van der Waals surface area contributed by atoms with Crippen molar-refractivity contribution >= 4 is 16.7 Å². The zero-order valence-corrected chi connectivity index (χ0v) is 11.6. The lowest BCUT2D eigenvalue weighted by Gasteiger charge is -2.08. The molecule has 20 heavy (non-hydrogen) atoms. The Labute approximate surface area is 117 Å². The molecule has 0 atom stereocenters. The van der Waals surface area contributed by atoms with Crippen molar-refractivity contribution < 1.29 is 4.74 Å². The summed E-state index contributed by atoms with van der Waals surface area (Å²) in [5.41, 5.74) is 4.29. The molecule has 0 amide bonds. The summed E-state index contributed by atoms with van der Waals surface area (Å²) in [5, 5.41) is 3.43. The highest BCUT2D eigenvalue weighted by Gasteiger charge is 2.04. The van der Waals surface area contributed by atoms with Gasteiger partial charge in [0.05, 0.1) is 18.3 Å². The zero-order chi connectivity index (χ0) is 13.9. The Bertz CT molecular complexity index is 716. The van der Waals surface area contributed by atoms with Crippen LogP contribution in [0.2, 0.25) is 0 Å². The number of aromatic nitrogens is 2. The summed E-state index contributed by atoms with van der Waals surface area (Å²) in [4.78, 5) is 7.76. The maximum Gasteiger partial charge on any atom is 0.118 e. The van der Waals surface area contributed by atoms with Crippen molar-refractivity contribution in [3.05, 3.63) is 53.9 Å². The number of nitrogens with one attached hydrogen (secondary N) is 2. The van der Waals surface area contributed by atoms with Crippen molar-refractivity contribution in [3.63, 3.8) is 0 Å². The number of nitrogens with zero attached hydrogens (tertiary/aromatic N) is 1. The van der Waals surface area contributed by atoms with Gasteiger partial charge >= 0.3 is 0 Å². The molecule has 3 rings (SSSR count). The maximum atomic E-state index is 5.16. The van der Waals surface area contributed by atoms with Crippen molar-refractivity contribution in [1.29, 1.82) is 0 Å². The lowest BCUT2D eigenvalue weighted by molar-refractivity contribution is 0.414. The number of methoxy groups -OCH3 is 1. The second-order valence-corrected chi connectivity index (χ2v) is 4.73. The van der Waals surface area contributed by atoms with E-state index >= 15 is 0 Å². The first-order chi connectivity index (χ1) is 9.76. The summed E-state index contributed by atoms with van der Waals surface area (Å²) < 4.78 is 5.16. The molecular formula is C16H17N3O. The first-order valence-corrected chi connectivity index (χ1v) is 6.58. The number of rotatable bonds is 4. The molecule has 0 fully saturated rings. The topological polar surface area (TPSA) is 49.9 Å². The fourth-order valence-electron chi connectivity index (χ4n) is 2.24. The van der Waals surface area contributed by atoms with Crippen LogP contribution in [0.25, 0.3) is 11.0 Å². The molecular weight excluding hydrogens is 250 g/mol. The van der Waals surface area contributed by atoms with E-state index in [-0.39, 0.29) is 0 Å². The van der Waals surface area contributed by atoms with Gasteiger partial charge in [-0.1, -0.05) is 18.2 Å². The number of aromatic amines is 1. The van der Waals surface area contributed by atoms with Crippen LogP contribution in [0.4, 0.5) is 5.69 Å². The van der Waals surface area contributed by atoms with E-state index in [0.29, 0.717) is 0 Å². The first-order valence-electron chi connectivity index (χ1n) is 6.58. The van der Waals surface area contributed by atoms with Gasteiger partial charge in [0.25, 0.3) is 0 Å². The van der Waals surface area contributed by atoms with Crippen LogP contribution in [-0.2, 0) is 6.54 Å². The largest absolute Gasteiger partial charge is 0.497 e. The molecule has 0 aliphatic carbocycles. The monoisotopic (exact) mass is 267 g/mol. The minimum Gasteiger partial charge on any atom is -0.497 e. The number of hydrogen-bond donors (Lipinski definition) is 2. The number of imidazole rings is 1. The number of ether oxygens (including phenoxy) is 1. The Morgan fingerprint density at radius 3 is 2.70 bits per heavy atom. The van der Waals surface area contributed by atoms with Gasteiger partial charge in [0.2, 0.25) is 0 Å². The van der Waals surface area contributed by atoms with Gasteiger partial charge in [-0.2, -0.15) is 0 Å². The van der Waals surface area contributed by atoms with E-state index in [9.17, 15) is 0 Å². The van der Waals surface area contributed by atoms with E-state index < -0.39 is 0 Å². The SMILES string of the molecule is COc1ccc(CNc2cccc3[nH]c(C)nc23)cc1. The molecule has 2 N–H and O–H groups in total. The summed E-state index contributed by atoms with van der Waals surface area (Å²) >= 11 is 0. The van der Waals surface area contributed by atoms with Crippen molar-refractivity contribution in [2.45, 2.75) is 13.5 Å². The third-order valence-corrected chi connectivity index (χ3v) is 3.27. The number of benzene rings is 2. The zero-order valence-electron chi connectivity index (χ0n) is 11.6. The van der Waals surface area contributed by atoms with E-state index in [4.69, 9.17) is 4.74 Å². The van der Waals surface area contributed by atoms with Crippen molar-refractivity contribution in [2.24, 2.45) is 0 Å². The molecule has 4 heteroatoms. The number of H-pyrrole nitrogens is 1. The molecule has 2 aromatic carbocycles. The highest BCUT2D eigenvalue weighted by Crippen LogP contribution is 2.22. The van der Waals surface area contributed by atoms with Crippen molar-refractivity contribution in [2.75, 3.05) is 12.4 Å². The van der Waals surface area contributed by atoms with Crippen LogP contribution in [0.3, 0.4) is 0 Å². The highest BCUT2D eigenvalue weighted by molar-refractivity contribution is 5.88. The lowest BCUT2D eigenvalue weighted by atomic mass is 10.2. The second-order valence-electron chi connectivity index (χ2n) is 4.73. The minimum absolute atomic E-state index is 0.759. The second kappa shape index (κ2) is 5.25. The molecule has 0 unspecified atom stereocenters. The summed E-state index contributed by atoms with van der Waals surface area (Å²) in [5.74, 6) is 1.80. The van der Waals surface area contributed by atoms with E-state index in [2.05, 4.69) is 27.4 Å². The predicted octanol–water partition coefficient (Wildman–Crippen LogP) is 3.49. The van der Waals surface area contributed by atoms with Crippen molar-refractivity contribution in [3.8, 4) is 5.75 Å². The standard InChI is InChI=1S/C16H17N3O/c1-11-18-15-5-3-4-14(16(15)19-11)17-10-12-6-8-13(20-2)9-7-12/h3-9,17H,10H2,1-2H3,(H,18,19). The molecule has 0 saturated heterocycles. The van der Waals surface area contributed by atoms with E-state index in [1.165, 1.54) is 5.56 Å². The minimum atomic E-state index is 0.759. The van der Waals surface area contributed by atoms with E-state index in [1.807, 2.05) is 37.3 Å². The van der Waals surface area contributed by atoms with Gasteiger partial charge in [-0.3, -0.25) is 0 Å². The maximum absolute atomic E-state index is 5.16. The Kier molecular flexibility index (Phi) is 3.29. The Hall–Kier alpha value is -2.49. The van der Waals surface area contributed by atoms with Crippen LogP contribution in [0, 0.1) is 6.92 Å². The molecule has 102 valence electrons. The fraction of sp³-hybridized carbons (Fsp3) is 0.188. The third-order valence-electron chi connectivity index (χ3n) is 3.27. The normalized spacial score (nSPS) is 10.7. The van der Waals surface area contributed by atoms with Crippen LogP contribution in [0.15, 0.2) is 42.5 Å². The van der Waals surface area contributed by atoms with Gasteiger partial charge in [-0.25, -0.2) is 4.98 Å². The number of anilines is 1. The molecule has 4 nitrogen and oxygen atoms in total. The van der Waals surface area contributed by atoms with Gasteiger partial charge in [-0.05, 0) is 36.8 Å². The molecule has 0 radical (unpaired) electrons. The van der Waals surface area contributed by atoms with Gasteiger partial charge in [-0.15, -0.1) is 0 Å². The van der Waals surface area contributed by atoms with Crippen LogP contribution in [0.1, 0.15) is 11.4 Å². The number of aryl methyl sites for hydroxylation is 1. The highest BCUT2D eigenvalue weighted by atomic mass is 16.5. The molecule has 0 bridgehead atoms. The summed E-state index contributed by atoms with van der Waals surface area (Å²) in [6, 6.07) is 14.2. The average molecular weight is 267 g/mol. The number of fused-ring (bicyclic) bond motifs is 1. The summed E-state index contributed by atoms with van der Waals surface area (Å²) in [6.07, 6.45) is 0. The van der Waals surface area contributed by atoms with Gasteiger partial charge < -0.3 is 15.0 Å². The average Bonchev–Trinajstić information content (AvgIpc) is 2.86. The quantitative estimate of drug-likeness (QED) is 0.760. The Balaban J connectivity index is 1.79.